The highest BCUT2D eigenvalue weighted by Crippen LogP contribution is 2.22. The average Bonchev–Trinajstić information content (AvgIpc) is 2.76. The SMILES string of the molecule is O=S(=O)(N1CCCNCC1)N1CCc2ccccc2C1. The van der Waals surface area contributed by atoms with E-state index in [9.17, 15) is 8.42 Å². The van der Waals surface area contributed by atoms with Gasteiger partial charge in [0.15, 0.2) is 0 Å². The summed E-state index contributed by atoms with van der Waals surface area (Å²) >= 11 is 0. The Morgan fingerprint density at radius 2 is 1.75 bits per heavy atom. The number of fused-ring (bicyclic) bond motifs is 1. The molecule has 0 amide bonds. The van der Waals surface area contributed by atoms with Crippen LogP contribution in [-0.2, 0) is 23.2 Å². The minimum atomic E-state index is -3.32. The molecule has 0 radical (unpaired) electrons. The summed E-state index contributed by atoms with van der Waals surface area (Å²) in [5, 5.41) is 3.24. The van der Waals surface area contributed by atoms with Gasteiger partial charge in [-0.3, -0.25) is 0 Å². The molecular weight excluding hydrogens is 274 g/mol. The van der Waals surface area contributed by atoms with E-state index in [1.807, 2.05) is 18.2 Å². The van der Waals surface area contributed by atoms with Crippen molar-refractivity contribution in [3.63, 3.8) is 0 Å². The quantitative estimate of drug-likeness (QED) is 0.868. The molecule has 0 saturated carbocycles. The lowest BCUT2D eigenvalue weighted by Crippen LogP contribution is -2.46. The number of rotatable bonds is 2. The van der Waals surface area contributed by atoms with Crippen LogP contribution < -0.4 is 5.32 Å². The van der Waals surface area contributed by atoms with E-state index in [0.29, 0.717) is 26.2 Å². The molecular formula is C14H21N3O2S. The largest absolute Gasteiger partial charge is 0.315 e. The molecule has 0 aliphatic carbocycles. The number of hydrogen-bond acceptors (Lipinski definition) is 3. The highest BCUT2D eigenvalue weighted by molar-refractivity contribution is 7.86. The fourth-order valence-electron chi connectivity index (χ4n) is 2.88. The van der Waals surface area contributed by atoms with E-state index in [2.05, 4.69) is 11.4 Å². The molecule has 1 aromatic rings. The summed E-state index contributed by atoms with van der Waals surface area (Å²) in [5.41, 5.74) is 2.41. The van der Waals surface area contributed by atoms with E-state index in [1.165, 1.54) is 5.56 Å². The average molecular weight is 295 g/mol. The van der Waals surface area contributed by atoms with Crippen LogP contribution >= 0.6 is 0 Å². The molecule has 2 heterocycles. The molecule has 1 saturated heterocycles. The Labute approximate surface area is 120 Å². The minimum absolute atomic E-state index is 0.502. The van der Waals surface area contributed by atoms with Gasteiger partial charge in [-0.15, -0.1) is 0 Å². The zero-order chi connectivity index (χ0) is 14.0. The third-order valence-corrected chi connectivity index (χ3v) is 6.03. The highest BCUT2D eigenvalue weighted by Gasteiger charge is 2.32. The number of benzene rings is 1. The van der Waals surface area contributed by atoms with Crippen LogP contribution in [0.2, 0.25) is 0 Å². The first-order valence-electron chi connectivity index (χ1n) is 7.20. The van der Waals surface area contributed by atoms with Crippen LogP contribution in [0.15, 0.2) is 24.3 Å². The number of nitrogens with one attached hydrogen (secondary N) is 1. The Kier molecular flexibility index (Phi) is 4.07. The second kappa shape index (κ2) is 5.81. The maximum atomic E-state index is 12.7. The molecule has 20 heavy (non-hydrogen) atoms. The van der Waals surface area contributed by atoms with Crippen LogP contribution in [0.1, 0.15) is 17.5 Å². The van der Waals surface area contributed by atoms with Gasteiger partial charge in [0.05, 0.1) is 0 Å². The monoisotopic (exact) mass is 295 g/mol. The second-order valence-electron chi connectivity index (χ2n) is 5.36. The molecule has 0 spiro atoms. The van der Waals surface area contributed by atoms with E-state index in [0.717, 1.165) is 31.5 Å². The first kappa shape index (κ1) is 14.0. The van der Waals surface area contributed by atoms with Crippen LogP contribution in [0.5, 0.6) is 0 Å². The highest BCUT2D eigenvalue weighted by atomic mass is 32.2. The normalized spacial score (nSPS) is 22.2. The van der Waals surface area contributed by atoms with Gasteiger partial charge >= 0.3 is 0 Å². The van der Waals surface area contributed by atoms with E-state index < -0.39 is 10.2 Å². The van der Waals surface area contributed by atoms with Crippen molar-refractivity contribution in [3.05, 3.63) is 35.4 Å². The van der Waals surface area contributed by atoms with Gasteiger partial charge in [-0.1, -0.05) is 24.3 Å². The number of nitrogens with zero attached hydrogens (tertiary/aromatic N) is 2. The zero-order valence-electron chi connectivity index (χ0n) is 11.6. The van der Waals surface area contributed by atoms with Crippen molar-refractivity contribution in [2.75, 3.05) is 32.7 Å². The predicted molar refractivity (Wildman–Crippen MR) is 78.5 cm³/mol. The Morgan fingerprint density at radius 1 is 0.950 bits per heavy atom. The summed E-state index contributed by atoms with van der Waals surface area (Å²) in [6.45, 7) is 3.91. The lowest BCUT2D eigenvalue weighted by Gasteiger charge is -2.32. The van der Waals surface area contributed by atoms with Crippen LogP contribution in [0.25, 0.3) is 0 Å². The Balaban J connectivity index is 1.79. The van der Waals surface area contributed by atoms with E-state index in [1.54, 1.807) is 8.61 Å². The summed E-state index contributed by atoms with van der Waals surface area (Å²) in [7, 11) is -3.32. The third kappa shape index (κ3) is 2.74. The zero-order valence-corrected chi connectivity index (χ0v) is 12.4. The van der Waals surface area contributed by atoms with Gasteiger partial charge in [0.2, 0.25) is 0 Å². The van der Waals surface area contributed by atoms with E-state index >= 15 is 0 Å². The van der Waals surface area contributed by atoms with Crippen molar-refractivity contribution in [3.8, 4) is 0 Å². The second-order valence-corrected chi connectivity index (χ2v) is 7.29. The Bertz CT molecular complexity index is 566. The fourth-order valence-corrected chi connectivity index (χ4v) is 4.51. The van der Waals surface area contributed by atoms with Gasteiger partial charge in [0.1, 0.15) is 0 Å². The molecule has 1 fully saturated rings. The van der Waals surface area contributed by atoms with Crippen molar-refractivity contribution in [2.45, 2.75) is 19.4 Å². The van der Waals surface area contributed by atoms with E-state index in [4.69, 9.17) is 0 Å². The summed E-state index contributed by atoms with van der Waals surface area (Å²) in [5.74, 6) is 0. The van der Waals surface area contributed by atoms with Gasteiger partial charge in [-0.2, -0.15) is 17.0 Å². The van der Waals surface area contributed by atoms with Gasteiger partial charge in [-0.05, 0) is 30.5 Å². The minimum Gasteiger partial charge on any atom is -0.315 e. The molecule has 0 aromatic heterocycles. The molecule has 6 heteroatoms. The first-order chi connectivity index (χ1) is 9.68. The molecule has 2 aliphatic rings. The van der Waals surface area contributed by atoms with Crippen molar-refractivity contribution >= 4 is 10.2 Å². The van der Waals surface area contributed by atoms with Gasteiger partial charge in [0, 0.05) is 32.7 Å². The first-order valence-corrected chi connectivity index (χ1v) is 8.60. The summed E-state index contributed by atoms with van der Waals surface area (Å²) in [4.78, 5) is 0. The van der Waals surface area contributed by atoms with Crippen molar-refractivity contribution in [2.24, 2.45) is 0 Å². The van der Waals surface area contributed by atoms with Crippen LogP contribution in [0, 0.1) is 0 Å². The third-order valence-electron chi connectivity index (χ3n) is 4.05. The molecule has 1 N–H and O–H groups in total. The molecule has 0 atom stereocenters. The predicted octanol–water partition coefficient (Wildman–Crippen LogP) is 0.585. The smallest absolute Gasteiger partial charge is 0.282 e. The van der Waals surface area contributed by atoms with Gasteiger partial charge in [0.25, 0.3) is 10.2 Å². The molecule has 0 unspecified atom stereocenters. The van der Waals surface area contributed by atoms with Crippen LogP contribution in [0.4, 0.5) is 0 Å². The maximum absolute atomic E-state index is 12.7. The topological polar surface area (TPSA) is 52.7 Å². The van der Waals surface area contributed by atoms with Crippen LogP contribution in [0.3, 0.4) is 0 Å². The Morgan fingerprint density at radius 3 is 2.60 bits per heavy atom. The van der Waals surface area contributed by atoms with E-state index in [-0.39, 0.29) is 0 Å². The molecule has 2 aliphatic heterocycles. The van der Waals surface area contributed by atoms with Crippen LogP contribution in [-0.4, -0.2) is 49.8 Å². The number of hydrogen-bond donors (Lipinski definition) is 1. The van der Waals surface area contributed by atoms with Gasteiger partial charge in [-0.25, -0.2) is 0 Å². The fraction of sp³-hybridized carbons (Fsp3) is 0.571. The lowest BCUT2D eigenvalue weighted by molar-refractivity contribution is 0.331. The molecule has 1 aromatic carbocycles. The standard InChI is InChI=1S/C14H21N3O2S/c18-20(19,16-9-3-7-15-8-11-16)17-10-6-13-4-1-2-5-14(13)12-17/h1-2,4-5,15H,3,6-12H2. The molecule has 3 rings (SSSR count). The molecule has 0 bridgehead atoms. The van der Waals surface area contributed by atoms with Gasteiger partial charge < -0.3 is 5.32 Å². The van der Waals surface area contributed by atoms with Crippen molar-refractivity contribution in [1.29, 1.82) is 0 Å². The summed E-state index contributed by atoms with van der Waals surface area (Å²) in [6.07, 6.45) is 1.69. The summed E-state index contributed by atoms with van der Waals surface area (Å²) in [6, 6.07) is 8.12. The maximum Gasteiger partial charge on any atom is 0.282 e. The summed E-state index contributed by atoms with van der Waals surface area (Å²) < 4.78 is 28.7. The van der Waals surface area contributed by atoms with Crippen molar-refractivity contribution in [1.82, 2.24) is 13.9 Å². The molecule has 5 nitrogen and oxygen atoms in total. The lowest BCUT2D eigenvalue weighted by atomic mass is 10.0. The Hall–Kier alpha value is -0.950. The molecule has 110 valence electrons. The van der Waals surface area contributed by atoms with Crippen molar-refractivity contribution < 1.29 is 8.42 Å².